The lowest BCUT2D eigenvalue weighted by Crippen LogP contribution is -1.80. The maximum Gasteiger partial charge on any atom is 0.0471 e. The van der Waals surface area contributed by atoms with E-state index in [9.17, 15) is 0 Å². The maximum absolute atomic E-state index is 3.60. The van der Waals surface area contributed by atoms with Crippen LogP contribution in [0.1, 0.15) is 0 Å². The molecule has 1 aromatic heterocycles. The molecule has 0 aliphatic rings. The molecule has 0 aliphatic carbocycles. The van der Waals surface area contributed by atoms with Gasteiger partial charge in [0.05, 0.1) is 0 Å². The highest BCUT2D eigenvalue weighted by Gasteiger charge is 2.07. The Morgan fingerprint density at radius 3 is 2.09 bits per heavy atom. The minimum Gasteiger partial charge on any atom is -0.354 e. The van der Waals surface area contributed by atoms with Gasteiger partial charge in [0.1, 0.15) is 0 Å². The van der Waals surface area contributed by atoms with Gasteiger partial charge in [-0.2, -0.15) is 0 Å². The molecule has 0 bridgehead atoms. The van der Waals surface area contributed by atoms with Crippen molar-refractivity contribution in [1.29, 1.82) is 0 Å². The summed E-state index contributed by atoms with van der Waals surface area (Å²) in [6.07, 6.45) is 0. The molecule has 5 rings (SSSR count). The average Bonchev–Trinajstić information content (AvgIpc) is 3.01. The third-order valence-electron chi connectivity index (χ3n) is 4.57. The molecule has 5 aromatic rings. The van der Waals surface area contributed by atoms with Crippen LogP contribution in [0, 0.1) is 0 Å². The van der Waals surface area contributed by atoms with E-state index in [2.05, 4.69) is 89.9 Å². The number of hydrogen-bond acceptors (Lipinski definition) is 0. The van der Waals surface area contributed by atoms with Crippen LogP contribution in [-0.2, 0) is 0 Å². The van der Waals surface area contributed by atoms with E-state index in [1.54, 1.807) is 0 Å². The van der Waals surface area contributed by atoms with Gasteiger partial charge in [-0.25, -0.2) is 0 Å². The van der Waals surface area contributed by atoms with Crippen LogP contribution in [0.2, 0.25) is 0 Å². The maximum atomic E-state index is 3.60. The van der Waals surface area contributed by atoms with E-state index in [1.165, 1.54) is 43.7 Å². The molecule has 0 saturated heterocycles. The number of fused-ring (bicyclic) bond motifs is 3. The van der Waals surface area contributed by atoms with Gasteiger partial charge >= 0.3 is 0 Å². The monoisotopic (exact) mass is 293 g/mol. The molecule has 0 aliphatic heterocycles. The summed E-state index contributed by atoms with van der Waals surface area (Å²) in [5.41, 5.74) is 3.61. The quantitative estimate of drug-likeness (QED) is 0.382. The highest BCUT2D eigenvalue weighted by Crippen LogP contribution is 2.32. The second-order valence-corrected chi connectivity index (χ2v) is 6.00. The van der Waals surface area contributed by atoms with Gasteiger partial charge in [0.25, 0.3) is 0 Å². The summed E-state index contributed by atoms with van der Waals surface area (Å²) < 4.78 is 0. The second-order valence-electron chi connectivity index (χ2n) is 6.00. The highest BCUT2D eigenvalue weighted by atomic mass is 14.7. The first-order valence-electron chi connectivity index (χ1n) is 7.88. The van der Waals surface area contributed by atoms with Gasteiger partial charge in [-0.05, 0) is 39.7 Å². The fraction of sp³-hybridized carbons (Fsp3) is 0. The predicted molar refractivity (Wildman–Crippen MR) is 98.7 cm³/mol. The van der Waals surface area contributed by atoms with Crippen LogP contribution in [0.5, 0.6) is 0 Å². The molecule has 0 atom stereocenters. The van der Waals surface area contributed by atoms with Gasteiger partial charge in [-0.15, -0.1) is 0 Å². The Balaban J connectivity index is 1.80. The second kappa shape index (κ2) is 4.72. The van der Waals surface area contributed by atoms with E-state index in [0.29, 0.717) is 0 Å². The Hall–Kier alpha value is -3.06. The minimum absolute atomic E-state index is 1.17. The summed E-state index contributed by atoms with van der Waals surface area (Å²) in [4.78, 5) is 3.60. The van der Waals surface area contributed by atoms with Crippen molar-refractivity contribution in [1.82, 2.24) is 4.98 Å². The van der Waals surface area contributed by atoms with E-state index in [0.717, 1.165) is 0 Å². The fourth-order valence-electron chi connectivity index (χ4n) is 3.43. The Labute approximate surface area is 134 Å². The van der Waals surface area contributed by atoms with E-state index in [1.807, 2.05) is 0 Å². The van der Waals surface area contributed by atoms with Crippen molar-refractivity contribution in [3.05, 3.63) is 84.9 Å². The van der Waals surface area contributed by atoms with Gasteiger partial charge in [-0.3, -0.25) is 0 Å². The standard InChI is InChI=1S/C22H15N/c1-2-8-17-13-21-18(12-16(17)7-1)14-22(23-21)20-11-5-9-15-6-3-4-10-19(15)20/h1-14,23H. The van der Waals surface area contributed by atoms with Crippen LogP contribution in [0.15, 0.2) is 84.9 Å². The largest absolute Gasteiger partial charge is 0.354 e. The first kappa shape index (κ1) is 12.5. The lowest BCUT2D eigenvalue weighted by atomic mass is 10.0. The van der Waals surface area contributed by atoms with Gasteiger partial charge in [0.15, 0.2) is 0 Å². The van der Waals surface area contributed by atoms with Gasteiger partial charge in [0, 0.05) is 22.2 Å². The third kappa shape index (κ3) is 1.94. The Kier molecular flexibility index (Phi) is 2.56. The van der Waals surface area contributed by atoms with Crippen LogP contribution in [-0.4, -0.2) is 4.98 Å². The molecule has 1 heterocycles. The van der Waals surface area contributed by atoms with Crippen LogP contribution < -0.4 is 0 Å². The van der Waals surface area contributed by atoms with E-state index in [-0.39, 0.29) is 0 Å². The molecule has 108 valence electrons. The molecular weight excluding hydrogens is 278 g/mol. The number of benzene rings is 4. The zero-order valence-corrected chi connectivity index (χ0v) is 12.6. The highest BCUT2D eigenvalue weighted by molar-refractivity contribution is 6.02. The summed E-state index contributed by atoms with van der Waals surface area (Å²) in [7, 11) is 0. The Bertz CT molecular complexity index is 1110. The molecule has 0 fully saturated rings. The molecular formula is C22H15N. The lowest BCUT2D eigenvalue weighted by Gasteiger charge is -2.04. The van der Waals surface area contributed by atoms with Crippen molar-refractivity contribution >= 4 is 32.4 Å². The lowest BCUT2D eigenvalue weighted by molar-refractivity contribution is 1.47. The van der Waals surface area contributed by atoms with E-state index < -0.39 is 0 Å². The summed E-state index contributed by atoms with van der Waals surface area (Å²) >= 11 is 0. The number of aromatic amines is 1. The average molecular weight is 293 g/mol. The molecule has 0 spiro atoms. The number of rotatable bonds is 1. The van der Waals surface area contributed by atoms with Crippen molar-refractivity contribution < 1.29 is 0 Å². The van der Waals surface area contributed by atoms with Gasteiger partial charge in [-0.1, -0.05) is 66.7 Å². The van der Waals surface area contributed by atoms with Crippen molar-refractivity contribution in [2.24, 2.45) is 0 Å². The van der Waals surface area contributed by atoms with Crippen LogP contribution in [0.25, 0.3) is 43.7 Å². The number of H-pyrrole nitrogens is 1. The van der Waals surface area contributed by atoms with Crippen molar-refractivity contribution in [3.8, 4) is 11.3 Å². The predicted octanol–water partition coefficient (Wildman–Crippen LogP) is 6.14. The molecule has 1 N–H and O–H groups in total. The van der Waals surface area contributed by atoms with Crippen LogP contribution in [0.3, 0.4) is 0 Å². The molecule has 4 aromatic carbocycles. The smallest absolute Gasteiger partial charge is 0.0471 e. The SMILES string of the molecule is c1ccc2cc3[nH]c(-c4cccc5ccccc45)cc3cc2c1. The summed E-state index contributed by atoms with van der Waals surface area (Å²) in [6.45, 7) is 0. The van der Waals surface area contributed by atoms with Crippen molar-refractivity contribution in [2.45, 2.75) is 0 Å². The molecule has 0 radical (unpaired) electrons. The van der Waals surface area contributed by atoms with Gasteiger partial charge < -0.3 is 4.98 Å². The first-order valence-corrected chi connectivity index (χ1v) is 7.88. The molecule has 23 heavy (non-hydrogen) atoms. The molecule has 0 saturated carbocycles. The molecule has 0 unspecified atom stereocenters. The summed E-state index contributed by atoms with van der Waals surface area (Å²) in [6, 6.07) is 30.3. The summed E-state index contributed by atoms with van der Waals surface area (Å²) in [5, 5.41) is 6.36. The number of nitrogens with one attached hydrogen (secondary N) is 1. The number of hydrogen-bond donors (Lipinski definition) is 1. The fourth-order valence-corrected chi connectivity index (χ4v) is 3.43. The van der Waals surface area contributed by atoms with Crippen LogP contribution in [0.4, 0.5) is 0 Å². The van der Waals surface area contributed by atoms with E-state index in [4.69, 9.17) is 0 Å². The van der Waals surface area contributed by atoms with Crippen molar-refractivity contribution in [3.63, 3.8) is 0 Å². The molecule has 0 amide bonds. The number of aromatic nitrogens is 1. The summed E-state index contributed by atoms with van der Waals surface area (Å²) in [5.74, 6) is 0. The van der Waals surface area contributed by atoms with E-state index >= 15 is 0 Å². The first-order chi connectivity index (χ1) is 11.4. The minimum atomic E-state index is 1.17. The zero-order valence-electron chi connectivity index (χ0n) is 12.6. The Morgan fingerprint density at radius 1 is 0.522 bits per heavy atom. The van der Waals surface area contributed by atoms with Crippen molar-refractivity contribution in [2.75, 3.05) is 0 Å². The van der Waals surface area contributed by atoms with Gasteiger partial charge in [0.2, 0.25) is 0 Å². The zero-order chi connectivity index (χ0) is 15.2. The topological polar surface area (TPSA) is 15.8 Å². The molecule has 1 heteroatoms. The normalized spacial score (nSPS) is 11.5. The molecule has 1 nitrogen and oxygen atoms in total. The van der Waals surface area contributed by atoms with Crippen LogP contribution >= 0.6 is 0 Å². The Morgan fingerprint density at radius 2 is 1.22 bits per heavy atom. The third-order valence-corrected chi connectivity index (χ3v) is 4.57.